The molecule has 0 amide bonds. The number of fused-ring (bicyclic) bond motifs is 1. The second-order valence-electron chi connectivity index (χ2n) is 10.2. The van der Waals surface area contributed by atoms with Crippen LogP contribution in [0.25, 0.3) is 11.0 Å². The summed E-state index contributed by atoms with van der Waals surface area (Å²) in [7, 11) is 0. The lowest BCUT2D eigenvalue weighted by molar-refractivity contribution is -0.136. The first kappa shape index (κ1) is 25.3. The number of piperidine rings is 1. The highest BCUT2D eigenvalue weighted by Gasteiger charge is 2.42. The van der Waals surface area contributed by atoms with Gasteiger partial charge in [0.15, 0.2) is 0 Å². The van der Waals surface area contributed by atoms with Crippen molar-refractivity contribution < 1.29 is 27.4 Å². The Bertz CT molecular complexity index is 1230. The van der Waals surface area contributed by atoms with E-state index in [9.17, 15) is 18.3 Å². The Morgan fingerprint density at radius 3 is 2.42 bits per heavy atom. The Balaban J connectivity index is 1.23. The molecule has 0 unspecified atom stereocenters. The number of nitrogens with zero attached hydrogens (tertiary/aromatic N) is 3. The fraction of sp³-hybridized carbons (Fsp3) is 0.500. The highest BCUT2D eigenvalue weighted by atomic mass is 35.5. The standard InChI is InChI=1S/C26H28ClF4N3O2/c1-24(35)14-19(15-24)34-16-32-22-13-20(12-21(23(22)34)26(29,30)31)36-11-10-33-8-6-25(28,7-9-33)17-2-4-18(27)5-3-17/h2-5,12-13,16,19,35H,6-11,14-15H2,1H3. The average molecular weight is 526 g/mol. The van der Waals surface area contributed by atoms with Crippen molar-refractivity contribution in [3.05, 3.63) is 58.9 Å². The van der Waals surface area contributed by atoms with Gasteiger partial charge in [0, 0.05) is 36.8 Å². The first-order valence-electron chi connectivity index (χ1n) is 12.0. The lowest BCUT2D eigenvalue weighted by Gasteiger charge is -2.41. The van der Waals surface area contributed by atoms with Crippen LogP contribution in [0.1, 0.15) is 49.8 Å². The topological polar surface area (TPSA) is 50.5 Å². The van der Waals surface area contributed by atoms with Gasteiger partial charge in [-0.15, -0.1) is 0 Å². The Labute approximate surface area is 211 Å². The molecule has 2 heterocycles. The normalized spacial score (nSPS) is 24.6. The van der Waals surface area contributed by atoms with Crippen LogP contribution in [-0.4, -0.2) is 51.4 Å². The van der Waals surface area contributed by atoms with Crippen LogP contribution < -0.4 is 4.74 Å². The fourth-order valence-electron chi connectivity index (χ4n) is 5.33. The molecule has 2 aliphatic rings. The van der Waals surface area contributed by atoms with Crippen molar-refractivity contribution in [2.75, 3.05) is 26.2 Å². The summed E-state index contributed by atoms with van der Waals surface area (Å²) >= 11 is 5.91. The van der Waals surface area contributed by atoms with Crippen LogP contribution in [0, 0.1) is 0 Å². The predicted octanol–water partition coefficient (Wildman–Crippen LogP) is 6.13. The molecule has 0 radical (unpaired) electrons. The Morgan fingerprint density at radius 1 is 1.14 bits per heavy atom. The smallest absolute Gasteiger partial charge is 0.418 e. The molecule has 1 N–H and O–H groups in total. The van der Waals surface area contributed by atoms with E-state index in [4.69, 9.17) is 16.3 Å². The quantitative estimate of drug-likeness (QED) is 0.393. The van der Waals surface area contributed by atoms with Gasteiger partial charge in [0.05, 0.1) is 28.5 Å². The summed E-state index contributed by atoms with van der Waals surface area (Å²) in [6.45, 7) is 3.36. The zero-order valence-electron chi connectivity index (χ0n) is 19.9. The highest BCUT2D eigenvalue weighted by molar-refractivity contribution is 6.30. The molecule has 1 aromatic heterocycles. The maximum Gasteiger partial charge on any atom is 0.418 e. The van der Waals surface area contributed by atoms with Gasteiger partial charge >= 0.3 is 6.18 Å². The third kappa shape index (κ3) is 5.06. The van der Waals surface area contributed by atoms with E-state index in [1.165, 1.54) is 17.0 Å². The van der Waals surface area contributed by atoms with Crippen molar-refractivity contribution in [1.82, 2.24) is 14.5 Å². The Kier molecular flexibility index (Phi) is 6.46. The third-order valence-corrected chi connectivity index (χ3v) is 7.63. The summed E-state index contributed by atoms with van der Waals surface area (Å²) in [5, 5.41) is 10.6. The summed E-state index contributed by atoms with van der Waals surface area (Å²) in [5.74, 6) is 0.0960. The van der Waals surface area contributed by atoms with E-state index in [0.29, 0.717) is 55.9 Å². The van der Waals surface area contributed by atoms with Gasteiger partial charge in [0.25, 0.3) is 0 Å². The monoisotopic (exact) mass is 525 g/mol. The molecule has 0 atom stereocenters. The molecule has 2 aromatic carbocycles. The summed E-state index contributed by atoms with van der Waals surface area (Å²) < 4.78 is 64.5. The van der Waals surface area contributed by atoms with Crippen LogP contribution in [0.5, 0.6) is 5.75 Å². The minimum Gasteiger partial charge on any atom is -0.492 e. The number of hydrogen-bond acceptors (Lipinski definition) is 4. The molecule has 10 heteroatoms. The zero-order chi connectivity index (χ0) is 25.7. The number of imidazole rings is 1. The predicted molar refractivity (Wildman–Crippen MR) is 129 cm³/mol. The first-order valence-corrected chi connectivity index (χ1v) is 12.4. The van der Waals surface area contributed by atoms with Gasteiger partial charge in [-0.1, -0.05) is 23.7 Å². The lowest BCUT2D eigenvalue weighted by atomic mass is 9.77. The molecule has 2 fully saturated rings. The molecule has 5 rings (SSSR count). The number of ether oxygens (including phenoxy) is 1. The number of aromatic nitrogens is 2. The van der Waals surface area contributed by atoms with Crippen LogP contribution in [0.15, 0.2) is 42.7 Å². The molecular formula is C26H28ClF4N3O2. The third-order valence-electron chi connectivity index (χ3n) is 7.38. The number of likely N-dealkylation sites (tertiary alicyclic amines) is 1. The largest absolute Gasteiger partial charge is 0.492 e. The van der Waals surface area contributed by atoms with Crippen LogP contribution in [0.3, 0.4) is 0 Å². The van der Waals surface area contributed by atoms with Crippen molar-refractivity contribution in [2.24, 2.45) is 0 Å². The summed E-state index contributed by atoms with van der Waals surface area (Å²) in [5.41, 5.74) is -2.26. The Morgan fingerprint density at radius 2 is 1.81 bits per heavy atom. The van der Waals surface area contributed by atoms with Crippen LogP contribution in [-0.2, 0) is 11.8 Å². The van der Waals surface area contributed by atoms with E-state index in [-0.39, 0.29) is 29.4 Å². The summed E-state index contributed by atoms with van der Waals surface area (Å²) in [6, 6.07) is 9.09. The second-order valence-corrected chi connectivity index (χ2v) is 10.6. The molecular weight excluding hydrogens is 498 g/mol. The van der Waals surface area contributed by atoms with Gasteiger partial charge in [-0.05, 0) is 56.4 Å². The van der Waals surface area contributed by atoms with Crippen LogP contribution >= 0.6 is 11.6 Å². The van der Waals surface area contributed by atoms with Crippen molar-refractivity contribution >= 4 is 22.6 Å². The minimum atomic E-state index is -4.58. The van der Waals surface area contributed by atoms with E-state index in [1.54, 1.807) is 31.2 Å². The van der Waals surface area contributed by atoms with E-state index in [0.717, 1.165) is 6.07 Å². The molecule has 1 aliphatic heterocycles. The molecule has 0 spiro atoms. The fourth-order valence-corrected chi connectivity index (χ4v) is 5.46. The van der Waals surface area contributed by atoms with Gasteiger partial charge in [-0.25, -0.2) is 9.37 Å². The molecule has 1 aliphatic carbocycles. The number of alkyl halides is 4. The van der Waals surface area contributed by atoms with E-state index < -0.39 is 23.0 Å². The number of benzene rings is 2. The van der Waals surface area contributed by atoms with Gasteiger partial charge in [0.1, 0.15) is 18.0 Å². The lowest BCUT2D eigenvalue weighted by Crippen LogP contribution is -2.41. The average Bonchev–Trinajstić information content (AvgIpc) is 3.21. The molecule has 194 valence electrons. The van der Waals surface area contributed by atoms with Gasteiger partial charge in [-0.3, -0.25) is 4.90 Å². The van der Waals surface area contributed by atoms with Gasteiger partial charge < -0.3 is 14.4 Å². The first-order chi connectivity index (χ1) is 16.9. The van der Waals surface area contributed by atoms with Crippen LogP contribution in [0.4, 0.5) is 17.6 Å². The molecule has 3 aromatic rings. The minimum absolute atomic E-state index is 0.00728. The molecule has 0 bridgehead atoms. The second kappa shape index (κ2) is 9.19. The van der Waals surface area contributed by atoms with E-state index in [2.05, 4.69) is 4.98 Å². The van der Waals surface area contributed by atoms with Crippen molar-refractivity contribution in [1.29, 1.82) is 0 Å². The maximum atomic E-state index is 15.4. The molecule has 1 saturated carbocycles. The summed E-state index contributed by atoms with van der Waals surface area (Å²) in [6.07, 6.45) is -1.78. The molecule has 1 saturated heterocycles. The Hall–Kier alpha value is -2.36. The van der Waals surface area contributed by atoms with E-state index in [1.807, 2.05) is 4.90 Å². The number of halogens is 5. The zero-order valence-corrected chi connectivity index (χ0v) is 20.6. The highest BCUT2D eigenvalue weighted by Crippen LogP contribution is 2.45. The number of aliphatic hydroxyl groups is 1. The van der Waals surface area contributed by atoms with Gasteiger partial charge in [0.2, 0.25) is 0 Å². The van der Waals surface area contributed by atoms with Crippen molar-refractivity contribution in [3.63, 3.8) is 0 Å². The number of rotatable bonds is 6. The van der Waals surface area contributed by atoms with Gasteiger partial charge in [-0.2, -0.15) is 13.2 Å². The molecule has 5 nitrogen and oxygen atoms in total. The number of hydrogen-bond donors (Lipinski definition) is 1. The van der Waals surface area contributed by atoms with Crippen molar-refractivity contribution in [3.8, 4) is 5.75 Å². The van der Waals surface area contributed by atoms with Crippen LogP contribution in [0.2, 0.25) is 5.02 Å². The SMILES string of the molecule is CC1(O)CC(n2cnc3cc(OCCN4CCC(F)(c5ccc(Cl)cc5)CC4)cc(C(F)(F)F)c32)C1. The molecule has 36 heavy (non-hydrogen) atoms. The summed E-state index contributed by atoms with van der Waals surface area (Å²) in [4.78, 5) is 6.24. The van der Waals surface area contributed by atoms with E-state index >= 15 is 4.39 Å². The maximum absolute atomic E-state index is 15.4. The van der Waals surface area contributed by atoms with Crippen molar-refractivity contribution in [2.45, 2.75) is 56.1 Å².